The fourth-order valence-corrected chi connectivity index (χ4v) is 0. The van der Waals surface area contributed by atoms with E-state index in [1.165, 1.54) is 0 Å². The van der Waals surface area contributed by atoms with E-state index in [1.54, 1.807) is 0 Å². The van der Waals surface area contributed by atoms with E-state index in [9.17, 15) is 6.80 Å². The molecule has 4 nitrogen and oxygen atoms in total. The van der Waals surface area contributed by atoms with Gasteiger partial charge in [0.25, 0.3) is 0 Å². The Labute approximate surface area is 34.8 Å². The van der Waals surface area contributed by atoms with Gasteiger partial charge in [-0.05, 0) is 0 Å². The van der Waals surface area contributed by atoms with E-state index in [0.717, 1.165) is 0 Å². The van der Waals surface area contributed by atoms with Crippen molar-refractivity contribution in [2.45, 2.75) is 0 Å². The SMILES string of the molecule is [2H][O][Mo](=[O])(=[O])[O][2H]. The summed E-state index contributed by atoms with van der Waals surface area (Å²) in [5, 5.41) is 0. The van der Waals surface area contributed by atoms with Gasteiger partial charge >= 0.3 is 33.9 Å². The van der Waals surface area contributed by atoms with Crippen LogP contribution in [0.1, 0.15) is 0 Å². The molecular weight excluding hydrogens is 160 g/mol. The molecule has 0 aromatic heterocycles. The molecule has 0 spiro atoms. The Kier molecular flexibility index (Phi) is 0.538. The van der Waals surface area contributed by atoms with Crippen molar-refractivity contribution in [1.82, 2.24) is 0 Å². The predicted octanol–water partition coefficient (Wildman–Crippen LogP) is -1.35. The maximum absolute atomic E-state index is 9.66. The van der Waals surface area contributed by atoms with Gasteiger partial charge in [-0.15, -0.1) is 0 Å². The minimum absolute atomic E-state index is 3.01. The molecule has 0 aromatic carbocycles. The summed E-state index contributed by atoms with van der Waals surface area (Å²) in [6.07, 6.45) is 0. The van der Waals surface area contributed by atoms with E-state index in [0.29, 0.717) is 0 Å². The van der Waals surface area contributed by atoms with Crippen molar-refractivity contribution in [3.8, 4) is 0 Å². The number of hydrogen-bond acceptors (Lipinski definition) is 4. The molecule has 0 amide bonds. The molecule has 0 bridgehead atoms. The van der Waals surface area contributed by atoms with Crippen molar-refractivity contribution in [2.24, 2.45) is 0 Å². The summed E-state index contributed by atoms with van der Waals surface area (Å²) in [7, 11) is 0. The van der Waals surface area contributed by atoms with Crippen LogP contribution < -0.4 is 0 Å². The van der Waals surface area contributed by atoms with Gasteiger partial charge in [-0.3, -0.25) is 0 Å². The Balaban J connectivity index is 3.89. The first-order valence-electron chi connectivity index (χ1n) is 1.48. The second-order valence-corrected chi connectivity index (χ2v) is 2.42. The molecule has 0 aliphatic rings. The molecule has 5 heteroatoms. The molecule has 0 saturated heterocycles. The summed E-state index contributed by atoms with van der Waals surface area (Å²) in [5.41, 5.74) is 0. The van der Waals surface area contributed by atoms with Crippen LogP contribution in [-0.4, -0.2) is 10.4 Å². The fraction of sp³-hybridized carbons (Fsp3) is 0. The van der Waals surface area contributed by atoms with Gasteiger partial charge in [-0.25, -0.2) is 0 Å². The first-order chi connectivity index (χ1) is 3.12. The first-order valence-corrected chi connectivity index (χ1v) is 3.94. The molecule has 2 N–H and O–H groups in total. The van der Waals surface area contributed by atoms with Crippen molar-refractivity contribution < 1.29 is 31.1 Å². The van der Waals surface area contributed by atoms with Crippen molar-refractivity contribution in [3.63, 3.8) is 0 Å². The van der Waals surface area contributed by atoms with Crippen LogP contribution in [0.4, 0.5) is 0 Å². The Hall–Kier alpha value is 0.208. The molecule has 0 atom stereocenters. The van der Waals surface area contributed by atoms with Gasteiger partial charge in [0.15, 0.2) is 0 Å². The maximum atomic E-state index is 9.66. The molecule has 0 rings (SSSR count). The normalized spacial score (nSPS) is 16.8. The second-order valence-electron chi connectivity index (χ2n) is 0.408. The zero-order chi connectivity index (χ0) is 5.91. The molecule has 0 fully saturated rings. The molecule has 0 aromatic rings. The van der Waals surface area contributed by atoms with Gasteiger partial charge in [0.2, 0.25) is 0 Å². The van der Waals surface area contributed by atoms with E-state index in [4.69, 9.17) is 2.86 Å². The fourth-order valence-electron chi connectivity index (χ4n) is 0. The van der Waals surface area contributed by atoms with Crippen LogP contribution >= 0.6 is 0 Å². The average Bonchev–Trinajstić information content (AvgIpc) is 1.68. The quantitative estimate of drug-likeness (QED) is 0.494. The summed E-state index contributed by atoms with van der Waals surface area (Å²) in [4.78, 5) is 0. The Morgan fingerprint density at radius 2 is 2.00 bits per heavy atom. The van der Waals surface area contributed by atoms with Crippen LogP contribution in [0.2, 0.25) is 0 Å². The van der Waals surface area contributed by atoms with Crippen LogP contribution in [0, 0.1) is 0 Å². The van der Waals surface area contributed by atoms with Gasteiger partial charge in [-0.1, -0.05) is 0 Å². The Morgan fingerprint density at radius 3 is 2.00 bits per heavy atom. The second kappa shape index (κ2) is 1.12. The summed E-state index contributed by atoms with van der Waals surface area (Å²) < 4.78 is 36.8. The van der Waals surface area contributed by atoms with E-state index in [-0.39, 0.29) is 0 Å². The van der Waals surface area contributed by atoms with E-state index >= 15 is 0 Å². The monoisotopic (exact) mass is 166 g/mol. The minimum atomic E-state index is -5.27. The topological polar surface area (TPSA) is 74.6 Å². The van der Waals surface area contributed by atoms with Crippen LogP contribution in [-0.2, 0) is 23.5 Å². The number of rotatable bonds is 2. The van der Waals surface area contributed by atoms with Crippen molar-refractivity contribution in [3.05, 3.63) is 0 Å². The molecule has 5 heavy (non-hydrogen) atoms. The van der Waals surface area contributed by atoms with E-state index < -0.39 is 16.7 Å². The third-order valence-corrected chi connectivity index (χ3v) is 0. The van der Waals surface area contributed by atoms with Crippen LogP contribution in [0.25, 0.3) is 0 Å². The van der Waals surface area contributed by atoms with Gasteiger partial charge in [0, 0.05) is 0 Å². The number of hydrogen-bond donors (Lipinski definition) is 2. The molecule has 32 valence electrons. The summed E-state index contributed by atoms with van der Waals surface area (Å²) in [6.45, 7) is 0. The van der Waals surface area contributed by atoms with Gasteiger partial charge < -0.3 is 0 Å². The van der Waals surface area contributed by atoms with Gasteiger partial charge in [0.05, 0.1) is 0 Å². The van der Waals surface area contributed by atoms with Crippen LogP contribution in [0.3, 0.4) is 0 Å². The van der Waals surface area contributed by atoms with Crippen molar-refractivity contribution in [1.29, 1.82) is 2.86 Å². The van der Waals surface area contributed by atoms with E-state index in [2.05, 4.69) is 7.52 Å². The third kappa shape index (κ3) is 473. The third-order valence-electron chi connectivity index (χ3n) is 0. The molecule has 0 saturated carbocycles. The van der Waals surface area contributed by atoms with E-state index in [1.807, 2.05) is 0 Å². The summed E-state index contributed by atoms with van der Waals surface area (Å²) in [5.74, 6) is 0. The molecule has 0 radical (unpaired) electrons. The zero-order valence-electron chi connectivity index (χ0n) is 4.04. The van der Waals surface area contributed by atoms with Crippen LogP contribution in [0.5, 0.6) is 0 Å². The van der Waals surface area contributed by atoms with Gasteiger partial charge in [0.1, 0.15) is 0 Å². The molecule has 0 aliphatic carbocycles. The Bertz CT molecular complexity index is 113. The van der Waals surface area contributed by atoms with Crippen molar-refractivity contribution in [2.75, 3.05) is 0 Å². The van der Waals surface area contributed by atoms with Crippen LogP contribution in [0.15, 0.2) is 0 Å². The van der Waals surface area contributed by atoms with Crippen molar-refractivity contribution >= 4 is 0 Å². The first kappa shape index (κ1) is 2.39. The standard InChI is InChI=1S/Mo.2H2O.2O/h;2*1H2;;/q+2;;;;/p-2/i/hD2. The predicted molar refractivity (Wildman–Crippen MR) is 5.81 cm³/mol. The van der Waals surface area contributed by atoms with Gasteiger partial charge in [-0.2, -0.15) is 0 Å². The summed E-state index contributed by atoms with van der Waals surface area (Å²) in [6, 6.07) is 0. The average molecular weight is 164 g/mol. The molecule has 0 aliphatic heterocycles. The zero-order valence-corrected chi connectivity index (χ0v) is 4.05. The molecular formula is H2MoO4. The molecule has 0 unspecified atom stereocenters. The molecule has 0 heterocycles. The summed E-state index contributed by atoms with van der Waals surface area (Å²) >= 11 is -5.27. The Morgan fingerprint density at radius 1 is 1.60 bits per heavy atom.